The summed E-state index contributed by atoms with van der Waals surface area (Å²) in [5.41, 5.74) is 3.83. The molecule has 4 aromatic rings. The number of hydrogen-bond donors (Lipinski definition) is 1. The van der Waals surface area contributed by atoms with Crippen LogP contribution < -0.4 is 5.32 Å². The van der Waals surface area contributed by atoms with Crippen LogP contribution in [-0.4, -0.2) is 40.5 Å². The normalized spacial score (nSPS) is 15.6. The molecule has 0 radical (unpaired) electrons. The minimum atomic E-state index is -0.244. The largest absolute Gasteiger partial charge is 0.314 e. The number of nitrogens with one attached hydrogen (secondary N) is 1. The number of piperazine rings is 1. The molecule has 0 spiro atoms. The number of imidazole rings is 1. The first kappa shape index (κ1) is 16.4. The van der Waals surface area contributed by atoms with Gasteiger partial charge < -0.3 is 5.32 Å². The van der Waals surface area contributed by atoms with Crippen molar-refractivity contribution in [3.63, 3.8) is 0 Å². The number of benzene rings is 2. The predicted molar refractivity (Wildman–Crippen MR) is 106 cm³/mol. The molecule has 0 unspecified atom stereocenters. The maximum Gasteiger partial charge on any atom is 0.139 e. The summed E-state index contributed by atoms with van der Waals surface area (Å²) in [6.07, 6.45) is 1.55. The Morgan fingerprint density at radius 3 is 2.63 bits per heavy atom. The van der Waals surface area contributed by atoms with Gasteiger partial charge in [-0.15, -0.1) is 0 Å². The van der Waals surface area contributed by atoms with Crippen molar-refractivity contribution in [2.24, 2.45) is 0 Å². The molecule has 27 heavy (non-hydrogen) atoms. The van der Waals surface area contributed by atoms with Gasteiger partial charge in [-0.3, -0.25) is 9.30 Å². The van der Waals surface area contributed by atoms with E-state index in [9.17, 15) is 4.39 Å². The molecule has 0 bridgehead atoms. The summed E-state index contributed by atoms with van der Waals surface area (Å²) in [4.78, 5) is 7.25. The molecule has 5 rings (SSSR count). The lowest BCUT2D eigenvalue weighted by molar-refractivity contribution is 0.230. The summed E-state index contributed by atoms with van der Waals surface area (Å²) < 4.78 is 15.8. The van der Waals surface area contributed by atoms with Gasteiger partial charge in [0.25, 0.3) is 0 Å². The molecule has 0 saturated carbocycles. The van der Waals surface area contributed by atoms with Gasteiger partial charge in [0.05, 0.1) is 11.4 Å². The first-order valence-corrected chi connectivity index (χ1v) is 9.37. The maximum atomic E-state index is 13.9. The molecule has 0 amide bonds. The van der Waals surface area contributed by atoms with Crippen LogP contribution in [0, 0.1) is 5.82 Å². The minimum Gasteiger partial charge on any atom is -0.314 e. The Morgan fingerprint density at radius 1 is 0.963 bits per heavy atom. The zero-order valence-electron chi connectivity index (χ0n) is 15.0. The van der Waals surface area contributed by atoms with E-state index in [4.69, 9.17) is 4.98 Å². The standard InChI is InChI=1S/C22H21FN4/c23-19-7-8-21-25-22(18-6-5-16-3-1-2-4-17(16)13-18)20(27(21)14-19)15-26-11-9-24-10-12-26/h1-8,13-14,24H,9-12,15H2. The molecule has 1 N–H and O–H groups in total. The predicted octanol–water partition coefficient (Wildman–Crippen LogP) is 3.70. The minimum absolute atomic E-state index is 0.244. The maximum absolute atomic E-state index is 13.9. The fourth-order valence-corrected chi connectivity index (χ4v) is 3.87. The second kappa shape index (κ2) is 6.76. The zero-order valence-corrected chi connectivity index (χ0v) is 15.0. The van der Waals surface area contributed by atoms with E-state index in [2.05, 4.69) is 40.5 Å². The third kappa shape index (κ3) is 3.09. The average molecular weight is 360 g/mol. The molecule has 0 atom stereocenters. The topological polar surface area (TPSA) is 32.6 Å². The van der Waals surface area contributed by atoms with E-state index < -0.39 is 0 Å². The van der Waals surface area contributed by atoms with Crippen LogP contribution in [0.1, 0.15) is 5.69 Å². The summed E-state index contributed by atoms with van der Waals surface area (Å²) in [6, 6.07) is 18.0. The van der Waals surface area contributed by atoms with Gasteiger partial charge in [0.15, 0.2) is 0 Å². The molecular formula is C22H21FN4. The Morgan fingerprint density at radius 2 is 1.78 bits per heavy atom. The van der Waals surface area contributed by atoms with Crippen LogP contribution in [-0.2, 0) is 6.54 Å². The second-order valence-corrected chi connectivity index (χ2v) is 7.07. The number of rotatable bonds is 3. The molecule has 5 heteroatoms. The van der Waals surface area contributed by atoms with Crippen molar-refractivity contribution in [3.05, 3.63) is 72.3 Å². The average Bonchev–Trinajstić information content (AvgIpc) is 3.06. The smallest absolute Gasteiger partial charge is 0.139 e. The van der Waals surface area contributed by atoms with E-state index >= 15 is 0 Å². The Labute approximate surface area is 157 Å². The van der Waals surface area contributed by atoms with Crippen LogP contribution in [0.3, 0.4) is 0 Å². The lowest BCUT2D eigenvalue weighted by Crippen LogP contribution is -2.43. The van der Waals surface area contributed by atoms with Crippen LogP contribution >= 0.6 is 0 Å². The molecule has 2 aromatic heterocycles. The van der Waals surface area contributed by atoms with Gasteiger partial charge in [0.2, 0.25) is 0 Å². The highest BCUT2D eigenvalue weighted by Crippen LogP contribution is 2.29. The van der Waals surface area contributed by atoms with Crippen LogP contribution in [0.5, 0.6) is 0 Å². The SMILES string of the molecule is Fc1ccc2nc(-c3ccc4ccccc4c3)c(CN3CCNCC3)n2c1. The first-order valence-electron chi connectivity index (χ1n) is 9.37. The molecule has 2 aromatic carbocycles. The molecule has 1 saturated heterocycles. The van der Waals surface area contributed by atoms with Crippen LogP contribution in [0.15, 0.2) is 60.8 Å². The van der Waals surface area contributed by atoms with Gasteiger partial charge in [-0.05, 0) is 29.0 Å². The molecule has 1 fully saturated rings. The van der Waals surface area contributed by atoms with Gasteiger partial charge in [0, 0.05) is 44.5 Å². The second-order valence-electron chi connectivity index (χ2n) is 7.07. The van der Waals surface area contributed by atoms with E-state index in [1.54, 1.807) is 12.3 Å². The highest BCUT2D eigenvalue weighted by molar-refractivity contribution is 5.87. The highest BCUT2D eigenvalue weighted by atomic mass is 19.1. The number of pyridine rings is 1. The van der Waals surface area contributed by atoms with E-state index in [1.807, 2.05) is 16.5 Å². The van der Waals surface area contributed by atoms with E-state index in [0.29, 0.717) is 0 Å². The van der Waals surface area contributed by atoms with Gasteiger partial charge in [-0.25, -0.2) is 9.37 Å². The van der Waals surface area contributed by atoms with Crippen molar-refractivity contribution in [1.82, 2.24) is 19.6 Å². The summed E-state index contributed by atoms with van der Waals surface area (Å²) in [5, 5.41) is 5.78. The Balaban J connectivity index is 1.66. The Hall–Kier alpha value is -2.76. The molecule has 1 aliphatic heterocycles. The summed E-state index contributed by atoms with van der Waals surface area (Å²) in [6.45, 7) is 4.70. The zero-order chi connectivity index (χ0) is 18.2. The number of hydrogen-bond acceptors (Lipinski definition) is 3. The van der Waals surface area contributed by atoms with Crippen LogP contribution in [0.4, 0.5) is 4.39 Å². The fourth-order valence-electron chi connectivity index (χ4n) is 3.87. The summed E-state index contributed by atoms with van der Waals surface area (Å²) >= 11 is 0. The van der Waals surface area contributed by atoms with Crippen molar-refractivity contribution in [2.75, 3.05) is 26.2 Å². The summed E-state index contributed by atoms with van der Waals surface area (Å²) in [5.74, 6) is -0.244. The van der Waals surface area contributed by atoms with Gasteiger partial charge >= 0.3 is 0 Å². The van der Waals surface area contributed by atoms with Crippen molar-refractivity contribution < 1.29 is 4.39 Å². The quantitative estimate of drug-likeness (QED) is 0.605. The molecule has 1 aliphatic rings. The van der Waals surface area contributed by atoms with Crippen molar-refractivity contribution in [3.8, 4) is 11.3 Å². The first-order chi connectivity index (χ1) is 13.3. The lowest BCUT2D eigenvalue weighted by atomic mass is 10.0. The molecule has 136 valence electrons. The van der Waals surface area contributed by atoms with Crippen molar-refractivity contribution in [2.45, 2.75) is 6.54 Å². The van der Waals surface area contributed by atoms with Gasteiger partial charge in [-0.2, -0.15) is 0 Å². The van der Waals surface area contributed by atoms with E-state index in [0.717, 1.165) is 55.3 Å². The van der Waals surface area contributed by atoms with E-state index in [1.165, 1.54) is 16.8 Å². The van der Waals surface area contributed by atoms with Crippen LogP contribution in [0.25, 0.3) is 27.7 Å². The lowest BCUT2D eigenvalue weighted by Gasteiger charge is -2.27. The number of halogens is 1. The number of nitrogens with zero attached hydrogens (tertiary/aromatic N) is 3. The highest BCUT2D eigenvalue weighted by Gasteiger charge is 2.19. The Kier molecular flexibility index (Phi) is 4.11. The third-order valence-corrected chi connectivity index (χ3v) is 5.29. The molecular weight excluding hydrogens is 339 g/mol. The summed E-state index contributed by atoms with van der Waals surface area (Å²) in [7, 11) is 0. The van der Waals surface area contributed by atoms with Gasteiger partial charge in [-0.1, -0.05) is 36.4 Å². The Bertz CT molecular complexity index is 1110. The van der Waals surface area contributed by atoms with Crippen molar-refractivity contribution in [1.29, 1.82) is 0 Å². The fraction of sp³-hybridized carbons (Fsp3) is 0.227. The monoisotopic (exact) mass is 360 g/mol. The van der Waals surface area contributed by atoms with Gasteiger partial charge in [0.1, 0.15) is 11.5 Å². The number of fused-ring (bicyclic) bond motifs is 2. The molecule has 4 nitrogen and oxygen atoms in total. The molecule has 0 aliphatic carbocycles. The molecule has 3 heterocycles. The van der Waals surface area contributed by atoms with E-state index in [-0.39, 0.29) is 5.82 Å². The number of aromatic nitrogens is 2. The van der Waals surface area contributed by atoms with Crippen molar-refractivity contribution >= 4 is 16.4 Å². The van der Waals surface area contributed by atoms with Crippen LogP contribution in [0.2, 0.25) is 0 Å². The third-order valence-electron chi connectivity index (χ3n) is 5.29.